The topological polar surface area (TPSA) is 39.2 Å². The van der Waals surface area contributed by atoms with Gasteiger partial charge < -0.3 is 4.90 Å². The van der Waals surface area contributed by atoms with Crippen molar-refractivity contribution in [2.24, 2.45) is 5.10 Å². The van der Waals surface area contributed by atoms with Gasteiger partial charge in [-0.1, -0.05) is 90.0 Å². The first kappa shape index (κ1) is 24.3. The van der Waals surface area contributed by atoms with Crippen molar-refractivity contribution in [3.8, 4) is 0 Å². The zero-order chi connectivity index (χ0) is 26.4. The molecule has 2 aliphatic heterocycles. The molecule has 5 nitrogen and oxygen atoms in total. The van der Waals surface area contributed by atoms with Gasteiger partial charge in [0.15, 0.2) is 5.11 Å². The van der Waals surface area contributed by atoms with Crippen LogP contribution in [0.25, 0.3) is 0 Å². The van der Waals surface area contributed by atoms with Crippen LogP contribution in [-0.2, 0) is 4.79 Å². The highest BCUT2D eigenvalue weighted by Gasteiger charge is 2.67. The first-order valence-electron chi connectivity index (χ1n) is 12.4. The highest BCUT2D eigenvalue weighted by molar-refractivity contribution is 7.80. The van der Waals surface area contributed by atoms with E-state index >= 15 is 0 Å². The van der Waals surface area contributed by atoms with Crippen molar-refractivity contribution in [3.63, 3.8) is 0 Å². The molecule has 1 fully saturated rings. The Bertz CT molecular complexity index is 1540. The van der Waals surface area contributed by atoms with Crippen LogP contribution in [0.15, 0.2) is 114 Å². The maximum atomic E-state index is 14.9. The van der Waals surface area contributed by atoms with E-state index in [2.05, 4.69) is 31.2 Å². The molecule has 7 heteroatoms. The van der Waals surface area contributed by atoms with Crippen molar-refractivity contribution in [1.29, 1.82) is 0 Å². The summed E-state index contributed by atoms with van der Waals surface area (Å²) in [7, 11) is 1.88. The number of para-hydroxylation sites is 2. The van der Waals surface area contributed by atoms with Crippen molar-refractivity contribution >= 4 is 51.9 Å². The Balaban J connectivity index is 1.64. The second kappa shape index (κ2) is 9.39. The standard InChI is InChI=1S/C31H25ClN4OS/c1-21-13-15-23(16-14-21)28-27(22-17-19-24(32)20-18-22)31(36(33-28)26-11-7-4-8-12-26)29(37)35(30(38)34(31)2)25-9-5-3-6-10-25/h3-20,27H,1-2H3. The highest BCUT2D eigenvalue weighted by Crippen LogP contribution is 2.51. The summed E-state index contributed by atoms with van der Waals surface area (Å²) < 4.78 is 0. The van der Waals surface area contributed by atoms with Crippen molar-refractivity contribution in [2.45, 2.75) is 18.5 Å². The fraction of sp³-hybridized carbons (Fsp3) is 0.129. The molecule has 0 bridgehead atoms. The number of anilines is 2. The van der Waals surface area contributed by atoms with E-state index in [-0.39, 0.29) is 5.91 Å². The van der Waals surface area contributed by atoms with Gasteiger partial charge in [-0.05, 0) is 66.7 Å². The average Bonchev–Trinajstić information content (AvgIpc) is 3.40. The van der Waals surface area contributed by atoms with E-state index in [9.17, 15) is 4.79 Å². The minimum absolute atomic E-state index is 0.161. The smallest absolute Gasteiger partial charge is 0.283 e. The Morgan fingerprint density at radius 2 is 1.39 bits per heavy atom. The Morgan fingerprint density at radius 1 is 0.816 bits per heavy atom. The Labute approximate surface area is 232 Å². The maximum absolute atomic E-state index is 14.9. The maximum Gasteiger partial charge on any atom is 0.283 e. The van der Waals surface area contributed by atoms with Gasteiger partial charge in [-0.25, -0.2) is 5.01 Å². The number of hydrazone groups is 1. The monoisotopic (exact) mass is 536 g/mol. The molecule has 188 valence electrons. The van der Waals surface area contributed by atoms with Crippen molar-refractivity contribution in [2.75, 3.05) is 17.0 Å². The number of carbonyl (C=O) groups is 1. The van der Waals surface area contributed by atoms with Gasteiger partial charge in [0.25, 0.3) is 5.91 Å². The molecule has 2 unspecified atom stereocenters. The van der Waals surface area contributed by atoms with Crippen LogP contribution in [-0.4, -0.2) is 34.3 Å². The lowest BCUT2D eigenvalue weighted by Crippen LogP contribution is -2.61. The first-order valence-corrected chi connectivity index (χ1v) is 13.1. The van der Waals surface area contributed by atoms with Crippen molar-refractivity contribution in [1.82, 2.24) is 4.90 Å². The van der Waals surface area contributed by atoms with Gasteiger partial charge in [0.05, 0.1) is 23.0 Å². The average molecular weight is 537 g/mol. The van der Waals surface area contributed by atoms with E-state index in [0.717, 1.165) is 33.8 Å². The fourth-order valence-corrected chi connectivity index (χ4v) is 5.87. The molecule has 4 aromatic rings. The Hall–Kier alpha value is -4.00. The van der Waals surface area contributed by atoms with Crippen molar-refractivity contribution < 1.29 is 4.79 Å². The molecule has 1 spiro atoms. The molecule has 0 aromatic heterocycles. The molecule has 2 atom stereocenters. The van der Waals surface area contributed by atoms with Gasteiger partial charge in [0.2, 0.25) is 5.66 Å². The fourth-order valence-electron chi connectivity index (χ4n) is 5.42. The third-order valence-electron chi connectivity index (χ3n) is 7.28. The van der Waals surface area contributed by atoms with Crippen LogP contribution in [0.3, 0.4) is 0 Å². The lowest BCUT2D eigenvalue weighted by molar-refractivity contribution is -0.124. The van der Waals surface area contributed by atoms with Gasteiger partial charge in [0.1, 0.15) is 0 Å². The van der Waals surface area contributed by atoms with E-state index in [1.807, 2.05) is 102 Å². The lowest BCUT2D eigenvalue weighted by Gasteiger charge is -2.41. The number of hydrogen-bond acceptors (Lipinski definition) is 4. The molecule has 1 saturated heterocycles. The van der Waals surface area contributed by atoms with Crippen molar-refractivity contribution in [3.05, 3.63) is 131 Å². The number of thiocarbonyl (C=S) groups is 1. The van der Waals surface area contributed by atoms with E-state index in [1.165, 1.54) is 0 Å². The zero-order valence-corrected chi connectivity index (χ0v) is 22.5. The van der Waals surface area contributed by atoms with E-state index < -0.39 is 11.6 Å². The summed E-state index contributed by atoms with van der Waals surface area (Å²) in [6.45, 7) is 2.05. The van der Waals surface area contributed by atoms with E-state index in [4.69, 9.17) is 28.9 Å². The summed E-state index contributed by atoms with van der Waals surface area (Å²) in [4.78, 5) is 18.4. The molecular weight excluding hydrogens is 512 g/mol. The van der Waals surface area contributed by atoms with Gasteiger partial charge in [0, 0.05) is 12.1 Å². The van der Waals surface area contributed by atoms with Crippen LogP contribution in [0, 0.1) is 6.92 Å². The SMILES string of the molecule is Cc1ccc(C2=NN(c3ccccc3)C3(C(=O)N(c4ccccc4)C(=S)N3C)C2c2ccc(Cl)cc2)cc1. The van der Waals surface area contributed by atoms with E-state index in [0.29, 0.717) is 10.1 Å². The third kappa shape index (κ3) is 3.63. The molecule has 0 N–H and O–H groups in total. The molecule has 0 radical (unpaired) electrons. The van der Waals surface area contributed by atoms with Gasteiger partial charge in [-0.3, -0.25) is 9.69 Å². The summed E-state index contributed by atoms with van der Waals surface area (Å²) in [5.41, 5.74) is 4.04. The quantitative estimate of drug-likeness (QED) is 0.275. The Kier molecular flexibility index (Phi) is 6.01. The largest absolute Gasteiger partial charge is 0.318 e. The number of nitrogens with zero attached hydrogens (tertiary/aromatic N) is 4. The number of halogens is 1. The zero-order valence-electron chi connectivity index (χ0n) is 21.0. The van der Waals surface area contributed by atoms with Crippen LogP contribution in [0.4, 0.5) is 11.4 Å². The molecule has 0 aliphatic carbocycles. The number of benzene rings is 4. The summed E-state index contributed by atoms with van der Waals surface area (Å²) in [5.74, 6) is -0.627. The van der Waals surface area contributed by atoms with E-state index in [1.54, 1.807) is 4.90 Å². The van der Waals surface area contributed by atoms with Crippen LogP contribution < -0.4 is 9.91 Å². The molecule has 1 amide bonds. The van der Waals surface area contributed by atoms with Crippen LogP contribution in [0.2, 0.25) is 5.02 Å². The number of rotatable bonds is 4. The molecule has 2 heterocycles. The third-order valence-corrected chi connectivity index (χ3v) is 7.99. The minimum Gasteiger partial charge on any atom is -0.318 e. The van der Waals surface area contributed by atoms with Crippen LogP contribution >= 0.6 is 23.8 Å². The number of aryl methyl sites for hydroxylation is 1. The number of hydrogen-bond donors (Lipinski definition) is 0. The van der Waals surface area contributed by atoms with Crippen LogP contribution in [0.1, 0.15) is 22.6 Å². The number of likely N-dealkylation sites (N-methyl/N-ethyl adjacent to an activating group) is 1. The van der Waals surface area contributed by atoms with Crippen LogP contribution in [0.5, 0.6) is 0 Å². The summed E-state index contributed by atoms with van der Waals surface area (Å²) in [6, 6.07) is 35.3. The van der Waals surface area contributed by atoms with Gasteiger partial charge in [-0.2, -0.15) is 5.10 Å². The number of carbonyl (C=O) groups excluding carboxylic acids is 1. The summed E-state index contributed by atoms with van der Waals surface area (Å²) in [6.07, 6.45) is 0. The highest BCUT2D eigenvalue weighted by atomic mass is 35.5. The molecule has 6 rings (SSSR count). The second-order valence-corrected chi connectivity index (χ2v) is 10.3. The number of amides is 1. The molecule has 4 aromatic carbocycles. The Morgan fingerprint density at radius 3 is 2.00 bits per heavy atom. The predicted molar refractivity (Wildman–Crippen MR) is 158 cm³/mol. The van der Waals surface area contributed by atoms with Gasteiger partial charge in [-0.15, -0.1) is 0 Å². The minimum atomic E-state index is -1.28. The van der Waals surface area contributed by atoms with Gasteiger partial charge >= 0.3 is 0 Å². The lowest BCUT2D eigenvalue weighted by atomic mass is 9.79. The molecular formula is C31H25ClN4OS. The molecule has 0 saturated carbocycles. The second-order valence-electron chi connectivity index (χ2n) is 9.53. The molecule has 2 aliphatic rings. The summed E-state index contributed by atoms with van der Waals surface area (Å²) >= 11 is 12.3. The predicted octanol–water partition coefficient (Wildman–Crippen LogP) is 6.62. The summed E-state index contributed by atoms with van der Waals surface area (Å²) in [5, 5.41) is 8.10. The first-order chi connectivity index (χ1) is 18.4. The molecule has 38 heavy (non-hydrogen) atoms. The normalized spacial score (nSPS) is 21.0.